The number of nitrogens with zero attached hydrogens (tertiary/aromatic N) is 3. The number of hydrogen-bond acceptors (Lipinski definition) is 4. The molecular weight excluding hydrogens is 340 g/mol. The second kappa shape index (κ2) is 8.68. The van der Waals surface area contributed by atoms with Crippen LogP contribution >= 0.6 is 0 Å². The molecule has 0 bridgehead atoms. The van der Waals surface area contributed by atoms with E-state index in [1.165, 1.54) is 0 Å². The predicted octanol–water partition coefficient (Wildman–Crippen LogP) is 3.55. The van der Waals surface area contributed by atoms with Gasteiger partial charge in [-0.2, -0.15) is 0 Å². The van der Waals surface area contributed by atoms with Crippen LogP contribution in [0.1, 0.15) is 41.3 Å². The second-order valence-corrected chi connectivity index (χ2v) is 6.43. The molecule has 1 amide bonds. The number of aromatic nitrogens is 2. The van der Waals surface area contributed by atoms with E-state index in [4.69, 9.17) is 4.42 Å². The number of carbonyl (C=O) groups is 1. The Morgan fingerprint density at radius 1 is 1.26 bits per heavy atom. The molecule has 142 valence electrons. The average molecular weight is 366 g/mol. The summed E-state index contributed by atoms with van der Waals surface area (Å²) in [6.45, 7) is 9.11. The molecule has 0 aliphatic carbocycles. The van der Waals surface area contributed by atoms with Gasteiger partial charge < -0.3 is 14.3 Å². The van der Waals surface area contributed by atoms with Crippen molar-refractivity contribution in [2.75, 3.05) is 13.1 Å². The van der Waals surface area contributed by atoms with Gasteiger partial charge in [-0.25, -0.2) is 4.98 Å². The lowest BCUT2D eigenvalue weighted by molar-refractivity contribution is 0.0949. The van der Waals surface area contributed by atoms with Crippen LogP contribution < -0.4 is 5.32 Å². The highest BCUT2D eigenvalue weighted by molar-refractivity contribution is 5.95. The van der Waals surface area contributed by atoms with Crippen LogP contribution in [0.15, 0.2) is 53.5 Å². The number of para-hydroxylation sites is 1. The molecule has 0 fully saturated rings. The van der Waals surface area contributed by atoms with Crippen molar-refractivity contribution in [3.63, 3.8) is 0 Å². The summed E-state index contributed by atoms with van der Waals surface area (Å²) in [5, 5.41) is 3.01. The molecule has 6 nitrogen and oxygen atoms in total. The molecule has 0 aliphatic heterocycles. The molecule has 3 aromatic rings. The Hall–Kier alpha value is -2.86. The number of aryl methyl sites for hydroxylation is 1. The Bertz CT molecular complexity index is 879. The first-order valence-corrected chi connectivity index (χ1v) is 9.28. The van der Waals surface area contributed by atoms with Gasteiger partial charge in [-0.15, -0.1) is 0 Å². The van der Waals surface area contributed by atoms with Crippen LogP contribution in [0, 0.1) is 6.92 Å². The highest BCUT2D eigenvalue weighted by Crippen LogP contribution is 2.18. The minimum atomic E-state index is -0.123. The molecule has 0 aliphatic rings. The maximum absolute atomic E-state index is 12.7. The zero-order valence-corrected chi connectivity index (χ0v) is 16.1. The van der Waals surface area contributed by atoms with Crippen LogP contribution in [-0.4, -0.2) is 33.4 Å². The van der Waals surface area contributed by atoms with Gasteiger partial charge in [0.2, 0.25) is 0 Å². The van der Waals surface area contributed by atoms with E-state index in [0.29, 0.717) is 24.4 Å². The SMILES string of the molecule is CCN(CC)Cc1cc(C(=O)NCc2ccccc2-n2ccnc2)c(C)o1. The summed E-state index contributed by atoms with van der Waals surface area (Å²) >= 11 is 0. The number of hydrogen-bond donors (Lipinski definition) is 1. The highest BCUT2D eigenvalue weighted by Gasteiger charge is 2.16. The standard InChI is InChI=1S/C21H26N4O2/c1-4-24(5-2)14-18-12-19(16(3)27-18)21(26)23-13-17-8-6-7-9-20(17)25-11-10-22-15-25/h6-12,15H,4-5,13-14H2,1-3H3,(H,23,26). The zero-order chi connectivity index (χ0) is 19.2. The van der Waals surface area contributed by atoms with Crippen molar-refractivity contribution in [2.45, 2.75) is 33.9 Å². The van der Waals surface area contributed by atoms with Crippen molar-refractivity contribution < 1.29 is 9.21 Å². The third-order valence-corrected chi connectivity index (χ3v) is 4.70. The van der Waals surface area contributed by atoms with Gasteiger partial charge in [0.25, 0.3) is 5.91 Å². The van der Waals surface area contributed by atoms with Gasteiger partial charge in [0.05, 0.1) is 24.1 Å². The van der Waals surface area contributed by atoms with Crippen molar-refractivity contribution >= 4 is 5.91 Å². The normalized spacial score (nSPS) is 11.1. The minimum Gasteiger partial charge on any atom is -0.464 e. The van der Waals surface area contributed by atoms with E-state index in [2.05, 4.69) is 29.0 Å². The van der Waals surface area contributed by atoms with Crippen molar-refractivity contribution in [1.29, 1.82) is 0 Å². The van der Waals surface area contributed by atoms with Crippen LogP contribution in [-0.2, 0) is 13.1 Å². The Morgan fingerprint density at radius 3 is 2.74 bits per heavy atom. The smallest absolute Gasteiger partial charge is 0.255 e. The molecule has 0 unspecified atom stereocenters. The Labute approximate surface area is 159 Å². The van der Waals surface area contributed by atoms with E-state index < -0.39 is 0 Å². The molecule has 1 aromatic carbocycles. The van der Waals surface area contributed by atoms with Crippen molar-refractivity contribution in [2.24, 2.45) is 0 Å². The van der Waals surface area contributed by atoms with Gasteiger partial charge in [-0.1, -0.05) is 32.0 Å². The minimum absolute atomic E-state index is 0.123. The number of furan rings is 1. The lowest BCUT2D eigenvalue weighted by Crippen LogP contribution is -2.24. The summed E-state index contributed by atoms with van der Waals surface area (Å²) in [6, 6.07) is 9.80. The average Bonchev–Trinajstić information content (AvgIpc) is 3.34. The molecule has 3 rings (SSSR count). The summed E-state index contributed by atoms with van der Waals surface area (Å²) in [7, 11) is 0. The number of benzene rings is 1. The first-order chi connectivity index (χ1) is 13.1. The Balaban J connectivity index is 1.70. The van der Waals surface area contributed by atoms with Crippen LogP contribution in [0.5, 0.6) is 0 Å². The first kappa shape index (κ1) is 18.9. The number of carbonyl (C=O) groups excluding carboxylic acids is 1. The number of amides is 1. The van der Waals surface area contributed by atoms with E-state index >= 15 is 0 Å². The van der Waals surface area contributed by atoms with E-state index in [9.17, 15) is 4.79 Å². The van der Waals surface area contributed by atoms with Gasteiger partial charge in [0, 0.05) is 18.9 Å². The molecule has 1 N–H and O–H groups in total. The maximum Gasteiger partial charge on any atom is 0.255 e. The summed E-state index contributed by atoms with van der Waals surface area (Å²) in [5.74, 6) is 1.35. The lowest BCUT2D eigenvalue weighted by atomic mass is 10.1. The van der Waals surface area contributed by atoms with Crippen LogP contribution in [0.3, 0.4) is 0 Å². The van der Waals surface area contributed by atoms with Crippen LogP contribution in [0.4, 0.5) is 0 Å². The van der Waals surface area contributed by atoms with E-state index in [1.54, 1.807) is 12.5 Å². The first-order valence-electron chi connectivity index (χ1n) is 9.28. The fourth-order valence-corrected chi connectivity index (χ4v) is 3.10. The second-order valence-electron chi connectivity index (χ2n) is 6.43. The number of nitrogens with one attached hydrogen (secondary N) is 1. The molecular formula is C21H26N4O2. The largest absolute Gasteiger partial charge is 0.464 e. The third-order valence-electron chi connectivity index (χ3n) is 4.70. The monoisotopic (exact) mass is 366 g/mol. The van der Waals surface area contributed by atoms with Crippen LogP contribution in [0.2, 0.25) is 0 Å². The number of rotatable bonds is 8. The third kappa shape index (κ3) is 4.46. The lowest BCUT2D eigenvalue weighted by Gasteiger charge is -2.15. The zero-order valence-electron chi connectivity index (χ0n) is 16.1. The topological polar surface area (TPSA) is 63.3 Å². The summed E-state index contributed by atoms with van der Waals surface area (Å²) < 4.78 is 7.73. The molecule has 0 spiro atoms. The van der Waals surface area contributed by atoms with Gasteiger partial charge in [0.15, 0.2) is 0 Å². The fraction of sp³-hybridized carbons (Fsp3) is 0.333. The molecule has 0 atom stereocenters. The van der Waals surface area contributed by atoms with E-state index in [1.807, 2.05) is 48.0 Å². The Morgan fingerprint density at radius 2 is 2.04 bits per heavy atom. The van der Waals surface area contributed by atoms with Gasteiger partial charge in [0.1, 0.15) is 11.5 Å². The molecule has 0 saturated carbocycles. The molecule has 27 heavy (non-hydrogen) atoms. The maximum atomic E-state index is 12.7. The quantitative estimate of drug-likeness (QED) is 0.662. The van der Waals surface area contributed by atoms with Gasteiger partial charge in [-0.3, -0.25) is 9.69 Å². The predicted molar refractivity (Wildman–Crippen MR) is 105 cm³/mol. The Kier molecular flexibility index (Phi) is 6.08. The van der Waals surface area contributed by atoms with Gasteiger partial charge in [-0.05, 0) is 37.7 Å². The summed E-state index contributed by atoms with van der Waals surface area (Å²) in [4.78, 5) is 19.0. The van der Waals surface area contributed by atoms with E-state index in [-0.39, 0.29) is 5.91 Å². The molecule has 6 heteroatoms. The van der Waals surface area contributed by atoms with Crippen molar-refractivity contribution in [1.82, 2.24) is 19.8 Å². The van der Waals surface area contributed by atoms with Crippen LogP contribution in [0.25, 0.3) is 5.69 Å². The van der Waals surface area contributed by atoms with E-state index in [0.717, 1.165) is 30.1 Å². The molecule has 0 saturated heterocycles. The van der Waals surface area contributed by atoms with Crippen molar-refractivity contribution in [3.8, 4) is 5.69 Å². The van der Waals surface area contributed by atoms with Crippen molar-refractivity contribution in [3.05, 3.63) is 71.7 Å². The number of imidazole rings is 1. The van der Waals surface area contributed by atoms with Gasteiger partial charge >= 0.3 is 0 Å². The molecule has 2 aromatic heterocycles. The molecule has 2 heterocycles. The fourth-order valence-electron chi connectivity index (χ4n) is 3.10. The highest BCUT2D eigenvalue weighted by atomic mass is 16.3. The summed E-state index contributed by atoms with van der Waals surface area (Å²) in [5.41, 5.74) is 2.62. The molecule has 0 radical (unpaired) electrons. The summed E-state index contributed by atoms with van der Waals surface area (Å²) in [6.07, 6.45) is 5.38.